The van der Waals surface area contributed by atoms with E-state index in [1.54, 1.807) is 12.1 Å². The van der Waals surface area contributed by atoms with Crippen LogP contribution in [0.15, 0.2) is 12.1 Å². The number of ketones is 1. The summed E-state index contributed by atoms with van der Waals surface area (Å²) >= 11 is 0. The molecule has 0 radical (unpaired) electrons. The van der Waals surface area contributed by atoms with E-state index in [0.717, 1.165) is 12.0 Å². The molecule has 0 unspecified atom stereocenters. The Kier molecular flexibility index (Phi) is 3.81. The number of phenols is 1. The first kappa shape index (κ1) is 13.6. The molecule has 0 saturated carbocycles. The maximum atomic E-state index is 11.9. The quantitative estimate of drug-likeness (QED) is 0.480. The van der Waals surface area contributed by atoms with E-state index >= 15 is 0 Å². The van der Waals surface area contributed by atoms with Gasteiger partial charge in [0.25, 0.3) is 0 Å². The summed E-state index contributed by atoms with van der Waals surface area (Å²) in [5.74, 6) is -0.140. The molecule has 0 spiro atoms. The molecule has 17 heavy (non-hydrogen) atoms. The van der Waals surface area contributed by atoms with E-state index < -0.39 is 0 Å². The second-order valence-electron chi connectivity index (χ2n) is 5.38. The van der Waals surface area contributed by atoms with E-state index in [1.807, 2.05) is 27.7 Å². The number of rotatable bonds is 3. The van der Waals surface area contributed by atoms with Gasteiger partial charge in [0, 0.05) is 6.42 Å². The topological polar surface area (TPSA) is 63.3 Å². The van der Waals surface area contributed by atoms with Crippen molar-refractivity contribution in [2.75, 3.05) is 5.73 Å². The molecule has 1 aromatic carbocycles. The lowest BCUT2D eigenvalue weighted by atomic mass is 9.85. The molecule has 0 amide bonds. The van der Waals surface area contributed by atoms with Crippen molar-refractivity contribution in [2.24, 2.45) is 0 Å². The van der Waals surface area contributed by atoms with E-state index in [0.29, 0.717) is 12.0 Å². The summed E-state index contributed by atoms with van der Waals surface area (Å²) in [6.07, 6.45) is 1.19. The Labute approximate surface area is 103 Å². The van der Waals surface area contributed by atoms with Gasteiger partial charge in [0.2, 0.25) is 0 Å². The van der Waals surface area contributed by atoms with Crippen LogP contribution < -0.4 is 5.73 Å². The lowest BCUT2D eigenvalue weighted by molar-refractivity contribution is 0.0979. The van der Waals surface area contributed by atoms with Gasteiger partial charge < -0.3 is 10.8 Å². The first-order valence-corrected chi connectivity index (χ1v) is 5.93. The summed E-state index contributed by atoms with van der Waals surface area (Å²) in [5, 5.41) is 9.84. The van der Waals surface area contributed by atoms with E-state index in [2.05, 4.69) is 0 Å². The lowest BCUT2D eigenvalue weighted by Crippen LogP contribution is -2.13. The highest BCUT2D eigenvalue weighted by molar-refractivity contribution is 6.00. The predicted molar refractivity (Wildman–Crippen MR) is 70.5 cm³/mol. The standard InChI is InChI=1S/C14H21NO2/c1-5-6-12(16)10-7-9(14(2,3)4)8-11(15)13(10)17/h7-8,17H,5-6,15H2,1-4H3. The number of anilines is 1. The smallest absolute Gasteiger partial charge is 0.166 e. The van der Waals surface area contributed by atoms with Gasteiger partial charge in [-0.3, -0.25) is 4.79 Å². The van der Waals surface area contributed by atoms with Crippen molar-refractivity contribution in [3.63, 3.8) is 0 Å². The summed E-state index contributed by atoms with van der Waals surface area (Å²) < 4.78 is 0. The number of hydrogen-bond acceptors (Lipinski definition) is 3. The van der Waals surface area contributed by atoms with Gasteiger partial charge in [-0.15, -0.1) is 0 Å². The van der Waals surface area contributed by atoms with Gasteiger partial charge in [-0.05, 0) is 29.5 Å². The average Bonchev–Trinajstić information content (AvgIpc) is 2.20. The third-order valence-electron chi connectivity index (χ3n) is 2.78. The monoisotopic (exact) mass is 235 g/mol. The van der Waals surface area contributed by atoms with Crippen molar-refractivity contribution in [3.05, 3.63) is 23.3 Å². The molecule has 3 heteroatoms. The third kappa shape index (κ3) is 2.99. The van der Waals surface area contributed by atoms with Crippen LogP contribution in [0.2, 0.25) is 0 Å². The maximum absolute atomic E-state index is 11.9. The van der Waals surface area contributed by atoms with Crippen LogP contribution in [0.25, 0.3) is 0 Å². The SMILES string of the molecule is CCCC(=O)c1cc(C(C)(C)C)cc(N)c1O. The minimum absolute atomic E-state index is 0.0530. The fourth-order valence-corrected chi connectivity index (χ4v) is 1.66. The third-order valence-corrected chi connectivity index (χ3v) is 2.78. The molecule has 0 atom stereocenters. The first-order valence-electron chi connectivity index (χ1n) is 5.93. The molecule has 0 aromatic heterocycles. The number of nitrogens with two attached hydrogens (primary N) is 1. The van der Waals surface area contributed by atoms with Gasteiger partial charge in [0.1, 0.15) is 5.75 Å². The molecule has 0 aliphatic heterocycles. The first-order chi connectivity index (χ1) is 7.77. The van der Waals surface area contributed by atoms with Crippen LogP contribution in [0.1, 0.15) is 56.5 Å². The molecule has 1 aromatic rings. The molecular weight excluding hydrogens is 214 g/mol. The van der Waals surface area contributed by atoms with Crippen LogP contribution in [-0.4, -0.2) is 10.9 Å². The Morgan fingerprint density at radius 2 is 1.94 bits per heavy atom. The molecule has 3 nitrogen and oxygen atoms in total. The van der Waals surface area contributed by atoms with Gasteiger partial charge >= 0.3 is 0 Å². The highest BCUT2D eigenvalue weighted by atomic mass is 16.3. The lowest BCUT2D eigenvalue weighted by Gasteiger charge is -2.21. The van der Waals surface area contributed by atoms with Gasteiger partial charge in [-0.25, -0.2) is 0 Å². The number of hydrogen-bond donors (Lipinski definition) is 2. The van der Waals surface area contributed by atoms with Gasteiger partial charge in [-0.1, -0.05) is 27.7 Å². The van der Waals surface area contributed by atoms with Crippen LogP contribution in [0, 0.1) is 0 Å². The van der Waals surface area contributed by atoms with Crippen molar-refractivity contribution in [1.29, 1.82) is 0 Å². The van der Waals surface area contributed by atoms with E-state index in [-0.39, 0.29) is 22.6 Å². The molecule has 1 rings (SSSR count). The summed E-state index contributed by atoms with van der Waals surface area (Å²) in [6, 6.07) is 3.49. The summed E-state index contributed by atoms with van der Waals surface area (Å²) in [7, 11) is 0. The van der Waals surface area contributed by atoms with Gasteiger partial charge in [0.15, 0.2) is 5.78 Å². The Morgan fingerprint density at radius 1 is 1.35 bits per heavy atom. The molecule has 0 aliphatic rings. The second-order valence-corrected chi connectivity index (χ2v) is 5.38. The Bertz CT molecular complexity index is 431. The van der Waals surface area contributed by atoms with E-state index in [9.17, 15) is 9.90 Å². The fraction of sp³-hybridized carbons (Fsp3) is 0.500. The highest BCUT2D eigenvalue weighted by Gasteiger charge is 2.20. The Balaban J connectivity index is 3.30. The molecule has 0 fully saturated rings. The van der Waals surface area contributed by atoms with E-state index in [4.69, 9.17) is 5.73 Å². The van der Waals surface area contributed by atoms with Crippen LogP contribution in [0.4, 0.5) is 5.69 Å². The zero-order valence-corrected chi connectivity index (χ0v) is 11.0. The number of Topliss-reactive ketones (excluding diaryl/α,β-unsaturated/α-hetero) is 1. The fourth-order valence-electron chi connectivity index (χ4n) is 1.66. The highest BCUT2D eigenvalue weighted by Crippen LogP contribution is 2.33. The Morgan fingerprint density at radius 3 is 2.41 bits per heavy atom. The summed E-state index contributed by atoms with van der Waals surface area (Å²) in [5.41, 5.74) is 7.24. The molecule has 0 bridgehead atoms. The number of carbonyl (C=O) groups is 1. The predicted octanol–water partition coefficient (Wildman–Crippen LogP) is 3.25. The molecular formula is C14H21NO2. The van der Waals surface area contributed by atoms with Crippen molar-refractivity contribution in [3.8, 4) is 5.75 Å². The van der Waals surface area contributed by atoms with Crippen LogP contribution in [0.3, 0.4) is 0 Å². The molecule has 3 N–H and O–H groups in total. The number of phenolic OH excluding ortho intramolecular Hbond substituents is 1. The van der Waals surface area contributed by atoms with Crippen molar-refractivity contribution in [2.45, 2.75) is 46.0 Å². The summed E-state index contributed by atoms with van der Waals surface area (Å²) in [6.45, 7) is 8.08. The molecule has 0 saturated heterocycles. The van der Waals surface area contributed by atoms with Crippen LogP contribution in [-0.2, 0) is 5.41 Å². The minimum Gasteiger partial charge on any atom is -0.505 e. The number of carbonyl (C=O) groups excluding carboxylic acids is 1. The maximum Gasteiger partial charge on any atom is 0.166 e. The number of benzene rings is 1. The van der Waals surface area contributed by atoms with Crippen LogP contribution >= 0.6 is 0 Å². The molecule has 0 heterocycles. The largest absolute Gasteiger partial charge is 0.505 e. The Hall–Kier alpha value is -1.51. The van der Waals surface area contributed by atoms with Gasteiger partial charge in [0.05, 0.1) is 11.3 Å². The minimum atomic E-state index is -0.0942. The van der Waals surface area contributed by atoms with Gasteiger partial charge in [-0.2, -0.15) is 0 Å². The van der Waals surface area contributed by atoms with Crippen molar-refractivity contribution in [1.82, 2.24) is 0 Å². The number of aromatic hydroxyl groups is 1. The summed E-state index contributed by atoms with van der Waals surface area (Å²) in [4.78, 5) is 11.9. The zero-order valence-electron chi connectivity index (χ0n) is 11.0. The molecule has 0 aliphatic carbocycles. The van der Waals surface area contributed by atoms with E-state index in [1.165, 1.54) is 0 Å². The van der Waals surface area contributed by atoms with Crippen molar-refractivity contribution < 1.29 is 9.90 Å². The second kappa shape index (κ2) is 4.78. The zero-order chi connectivity index (χ0) is 13.2. The normalized spacial score (nSPS) is 11.5. The molecule has 94 valence electrons. The average molecular weight is 235 g/mol. The van der Waals surface area contributed by atoms with Crippen LogP contribution in [0.5, 0.6) is 5.75 Å². The number of nitrogen functional groups attached to an aromatic ring is 1. The van der Waals surface area contributed by atoms with Crippen molar-refractivity contribution >= 4 is 11.5 Å².